The van der Waals surface area contributed by atoms with Crippen molar-refractivity contribution in [2.45, 2.75) is 112 Å². The van der Waals surface area contributed by atoms with Crippen molar-refractivity contribution in [1.82, 2.24) is 70.3 Å². The highest BCUT2D eigenvalue weighted by Gasteiger charge is 2.24. The first-order valence-electron chi connectivity index (χ1n) is 26.8. The maximum atomic E-state index is 6.32. The highest BCUT2D eigenvalue weighted by Crippen LogP contribution is 2.39. The van der Waals surface area contributed by atoms with Crippen molar-refractivity contribution in [2.24, 2.45) is 0 Å². The first-order valence-corrected chi connectivity index (χ1v) is 29.1. The van der Waals surface area contributed by atoms with Gasteiger partial charge in [0.15, 0.2) is 28.4 Å². The molecule has 0 unspecified atom stereocenters. The second-order valence-corrected chi connectivity index (χ2v) is 22.9. The second-order valence-electron chi connectivity index (χ2n) is 20.7. The van der Waals surface area contributed by atoms with E-state index in [1.54, 1.807) is 12.3 Å². The molecule has 2 saturated heterocycles. The van der Waals surface area contributed by atoms with Crippen LogP contribution in [-0.4, -0.2) is 123 Å². The first kappa shape index (κ1) is 65.7. The zero-order valence-electron chi connectivity index (χ0n) is 48.4. The number of aryl methyl sites for hydroxylation is 5. The summed E-state index contributed by atoms with van der Waals surface area (Å²) in [7, 11) is 4.38. The van der Waals surface area contributed by atoms with E-state index in [9.17, 15) is 0 Å². The quantitative estimate of drug-likeness (QED) is 0.0321. The van der Waals surface area contributed by atoms with Gasteiger partial charge in [-0.25, -0.2) is 19.9 Å². The number of hydrogen-bond acceptors (Lipinski definition) is 18. The third kappa shape index (κ3) is 21.0. The van der Waals surface area contributed by atoms with Crippen LogP contribution in [0.25, 0.3) is 0 Å². The molecule has 0 amide bonds. The number of rotatable bonds is 12. The van der Waals surface area contributed by atoms with Gasteiger partial charge < -0.3 is 46.7 Å². The van der Waals surface area contributed by atoms with Crippen LogP contribution in [0, 0.1) is 34.6 Å². The number of aromatic amines is 3. The van der Waals surface area contributed by atoms with Crippen LogP contribution >= 0.6 is 69.6 Å². The fourth-order valence-electron chi connectivity index (χ4n) is 8.79. The molecule has 8 aromatic rings. The Balaban J connectivity index is 0.000000186. The van der Waals surface area contributed by atoms with Crippen LogP contribution < -0.4 is 36.9 Å². The van der Waals surface area contributed by atoms with Gasteiger partial charge in [0.1, 0.15) is 27.4 Å². The maximum absolute atomic E-state index is 6.32. The summed E-state index contributed by atoms with van der Waals surface area (Å²) < 4.78 is 12.0. The Kier molecular flexibility index (Phi) is 24.9. The lowest BCUT2D eigenvalue weighted by atomic mass is 9.86. The minimum Gasteiger partial charge on any atom is -0.489 e. The van der Waals surface area contributed by atoms with Crippen LogP contribution in [0.2, 0.25) is 30.8 Å². The summed E-state index contributed by atoms with van der Waals surface area (Å²) in [4.78, 5) is 28.5. The number of nitrogens with zero attached hydrogens (tertiary/aromatic N) is 11. The molecule has 8 heterocycles. The molecule has 10 N–H and O–H groups in total. The van der Waals surface area contributed by atoms with E-state index in [2.05, 4.69) is 138 Å². The molecule has 0 spiro atoms. The molecule has 0 saturated carbocycles. The molecule has 6 aromatic heterocycles. The molecular formula is C56H73Cl6N19O2. The molecule has 83 heavy (non-hydrogen) atoms. The van der Waals surface area contributed by atoms with Gasteiger partial charge >= 0.3 is 0 Å². The van der Waals surface area contributed by atoms with Crippen LogP contribution in [0.15, 0.2) is 61.1 Å². The molecule has 446 valence electrons. The molecule has 27 heteroatoms. The molecule has 0 radical (unpaired) electrons. The van der Waals surface area contributed by atoms with Gasteiger partial charge in [0.2, 0.25) is 16.5 Å². The average Bonchev–Trinajstić information content (AvgIpc) is 4.34. The van der Waals surface area contributed by atoms with E-state index >= 15 is 0 Å². The van der Waals surface area contributed by atoms with E-state index in [-0.39, 0.29) is 27.9 Å². The summed E-state index contributed by atoms with van der Waals surface area (Å²) >= 11 is 34.1. The SMILES string of the molecule is Cc1cc(N)c(OC(C)C)cc1C1CCN(C)CC1.Cc1cc(N)n[nH]1.Cc1cc(Nc2nc(Cl)ncc2Cl)n[nH]1.Cc1cc(Nc2nc(Nc3cc(C)c(C4CCN(C)CC4)cc3OC(C)C)ncc2Cl)n[nH]1.Clc1ncc(Cl)c(Cl)n1. The Morgan fingerprint density at radius 2 is 0.976 bits per heavy atom. The Bertz CT molecular complexity index is 3320. The largest absolute Gasteiger partial charge is 0.489 e. The monoisotopic (exact) mass is 1250 g/mol. The lowest BCUT2D eigenvalue weighted by molar-refractivity contribution is 0.240. The number of halogens is 6. The molecule has 0 atom stereocenters. The lowest BCUT2D eigenvalue weighted by Crippen LogP contribution is -2.29. The van der Waals surface area contributed by atoms with Crippen LogP contribution in [0.3, 0.4) is 0 Å². The molecule has 0 bridgehead atoms. The highest BCUT2D eigenvalue weighted by molar-refractivity contribution is 6.41. The fourth-order valence-corrected chi connectivity index (χ4v) is 9.60. The number of piperidine rings is 2. The van der Waals surface area contributed by atoms with Gasteiger partial charge in [0.05, 0.1) is 47.2 Å². The normalized spacial score (nSPS) is 13.8. The molecule has 2 aliphatic heterocycles. The third-order valence-corrected chi connectivity index (χ3v) is 14.4. The standard InChI is InChI=1S/C24H32ClN7O.C16H26N2O.C8H7Cl2N5.C4HCl3N2.C4H7N3/c1-14(2)33-21-12-18(17-6-8-32(5)9-7-17)15(3)10-20(21)27-24-26-13-19(25)23(29-24)28-22-11-16(4)30-31-22;1-11(2)19-16-10-14(12(3)9-15(16)17)13-5-7-18(4)8-6-13;1-4-2-6(15-14-4)12-7-5(9)3-11-8(10)13-7;5-2-1-8-4(7)9-3(2)6;1-3-2-4(5)7-6-3/h10-14,17H,6-9H2,1-5H3,(H3,26,27,28,29,30,31);9-11,13H,5-8,17H2,1-4H3;2-3H,1H3,(H2,11,12,13,14,15);1H;2H,1H3,(H3,5,6,7). The van der Waals surface area contributed by atoms with Crippen molar-refractivity contribution in [3.8, 4) is 11.5 Å². The zero-order valence-corrected chi connectivity index (χ0v) is 52.9. The highest BCUT2D eigenvalue weighted by atomic mass is 35.5. The van der Waals surface area contributed by atoms with Crippen molar-refractivity contribution < 1.29 is 9.47 Å². The number of benzene rings is 2. The molecule has 2 aromatic carbocycles. The molecule has 2 aliphatic rings. The van der Waals surface area contributed by atoms with Crippen molar-refractivity contribution in [3.63, 3.8) is 0 Å². The Morgan fingerprint density at radius 1 is 0.530 bits per heavy atom. The lowest BCUT2D eigenvalue weighted by Gasteiger charge is -2.30. The maximum Gasteiger partial charge on any atom is 0.229 e. The summed E-state index contributed by atoms with van der Waals surface area (Å²) in [5, 5.41) is 31.1. The second kappa shape index (κ2) is 31.5. The minimum absolute atomic E-state index is 0.0462. The van der Waals surface area contributed by atoms with Gasteiger partial charge in [0, 0.05) is 35.3 Å². The molecule has 0 aliphatic carbocycles. The number of aromatic nitrogens is 12. The number of nitrogens with one attached hydrogen (secondary N) is 6. The van der Waals surface area contributed by atoms with Gasteiger partial charge in [-0.3, -0.25) is 15.3 Å². The van der Waals surface area contributed by atoms with Crippen LogP contribution in [0.5, 0.6) is 11.5 Å². The van der Waals surface area contributed by atoms with Gasteiger partial charge in [-0.05, 0) is 210 Å². The summed E-state index contributed by atoms with van der Waals surface area (Å²) in [5.74, 6) is 6.00. The van der Waals surface area contributed by atoms with Crippen LogP contribution in [0.1, 0.15) is 105 Å². The van der Waals surface area contributed by atoms with Crippen LogP contribution in [0.4, 0.5) is 46.4 Å². The molecule has 10 rings (SSSR count). The number of nitrogen functional groups attached to an aromatic ring is 2. The molecular weight excluding hydrogens is 1180 g/mol. The topological polar surface area (TPSA) is 276 Å². The predicted molar refractivity (Wildman–Crippen MR) is 338 cm³/mol. The number of likely N-dealkylation sites (tertiary alicyclic amines) is 2. The summed E-state index contributed by atoms with van der Waals surface area (Å²) in [5.41, 5.74) is 21.1. The van der Waals surface area contributed by atoms with E-state index in [4.69, 9.17) is 90.5 Å². The van der Waals surface area contributed by atoms with Crippen molar-refractivity contribution in [3.05, 3.63) is 131 Å². The molecule has 21 nitrogen and oxygen atoms in total. The van der Waals surface area contributed by atoms with Gasteiger partial charge in [0.25, 0.3) is 0 Å². The van der Waals surface area contributed by atoms with Gasteiger partial charge in [-0.1, -0.05) is 46.4 Å². The number of hydrogen-bond donors (Lipinski definition) is 8. The van der Waals surface area contributed by atoms with Crippen molar-refractivity contribution in [1.29, 1.82) is 0 Å². The number of anilines is 8. The zero-order chi connectivity index (χ0) is 60.5. The minimum atomic E-state index is 0.0462. The number of H-pyrrole nitrogens is 3. The fraction of sp³-hybridized carbons (Fsp3) is 0.411. The average molecular weight is 1260 g/mol. The Labute approximate surface area is 515 Å². The van der Waals surface area contributed by atoms with E-state index < -0.39 is 0 Å². The van der Waals surface area contributed by atoms with E-state index in [1.807, 2.05) is 60.6 Å². The Hall–Kier alpha value is -6.43. The van der Waals surface area contributed by atoms with Crippen molar-refractivity contribution in [2.75, 3.05) is 67.7 Å². The predicted octanol–water partition coefficient (Wildman–Crippen LogP) is 14.0. The summed E-state index contributed by atoms with van der Waals surface area (Å²) in [6.07, 6.45) is 9.32. The number of ether oxygens (including phenoxy) is 2. The van der Waals surface area contributed by atoms with Gasteiger partial charge in [-0.15, -0.1) is 0 Å². The number of nitrogens with two attached hydrogens (primary N) is 2. The smallest absolute Gasteiger partial charge is 0.229 e. The van der Waals surface area contributed by atoms with Crippen molar-refractivity contribution >= 4 is 116 Å². The Morgan fingerprint density at radius 3 is 1.42 bits per heavy atom. The third-order valence-electron chi connectivity index (χ3n) is 12.8. The van der Waals surface area contributed by atoms with Gasteiger partial charge in [-0.2, -0.15) is 25.3 Å². The van der Waals surface area contributed by atoms with Crippen LogP contribution in [-0.2, 0) is 0 Å². The first-order chi connectivity index (χ1) is 39.4. The van der Waals surface area contributed by atoms with E-state index in [0.717, 1.165) is 65.9 Å². The van der Waals surface area contributed by atoms with E-state index in [0.29, 0.717) is 61.9 Å². The summed E-state index contributed by atoms with van der Waals surface area (Å²) in [6.45, 7) is 22.8. The molecule has 2 fully saturated rings. The van der Waals surface area contributed by atoms with E-state index in [1.165, 1.54) is 60.6 Å². The summed E-state index contributed by atoms with van der Waals surface area (Å²) in [6, 6.07) is 14.0.